The highest BCUT2D eigenvalue weighted by atomic mass is 16.5. The van der Waals surface area contributed by atoms with E-state index in [-0.39, 0.29) is 0 Å². The predicted octanol–water partition coefficient (Wildman–Crippen LogP) is 3.02. The maximum absolute atomic E-state index is 6.17. The van der Waals surface area contributed by atoms with Crippen molar-refractivity contribution in [2.45, 2.75) is 64.0 Å². The van der Waals surface area contributed by atoms with E-state index in [4.69, 9.17) is 4.74 Å². The molecule has 0 radical (unpaired) electrons. The molecule has 3 fully saturated rings. The molecular formula is C14H25NO. The standard InChI is InChI=1S/C14H25NO/c1-11-12-6-2-3-8-14(12)16-10-15-9-5-4-7-13(11)15/h11-14H,2-10H2,1H3/t11-,12+,13+,14-/m1/s1. The van der Waals surface area contributed by atoms with Crippen LogP contribution >= 0.6 is 0 Å². The zero-order valence-electron chi connectivity index (χ0n) is 10.5. The van der Waals surface area contributed by atoms with Crippen LogP contribution in [0.4, 0.5) is 0 Å². The van der Waals surface area contributed by atoms with Gasteiger partial charge in [-0.3, -0.25) is 4.90 Å². The van der Waals surface area contributed by atoms with Gasteiger partial charge in [-0.15, -0.1) is 0 Å². The fourth-order valence-corrected chi connectivity index (χ4v) is 4.18. The Labute approximate surface area is 99.3 Å². The molecule has 2 aliphatic heterocycles. The van der Waals surface area contributed by atoms with E-state index in [1.165, 1.54) is 51.5 Å². The van der Waals surface area contributed by atoms with Gasteiger partial charge in [-0.1, -0.05) is 26.2 Å². The van der Waals surface area contributed by atoms with Gasteiger partial charge in [0.2, 0.25) is 0 Å². The van der Waals surface area contributed by atoms with Gasteiger partial charge in [-0.25, -0.2) is 0 Å². The van der Waals surface area contributed by atoms with Gasteiger partial charge in [0.1, 0.15) is 0 Å². The molecule has 2 heteroatoms. The third-order valence-corrected chi connectivity index (χ3v) is 5.15. The van der Waals surface area contributed by atoms with Crippen molar-refractivity contribution in [2.24, 2.45) is 11.8 Å². The monoisotopic (exact) mass is 223 g/mol. The Hall–Kier alpha value is -0.0800. The van der Waals surface area contributed by atoms with Crippen LogP contribution in [0.25, 0.3) is 0 Å². The molecule has 0 bridgehead atoms. The maximum Gasteiger partial charge on any atom is 0.0996 e. The predicted molar refractivity (Wildman–Crippen MR) is 65.2 cm³/mol. The first-order valence-corrected chi connectivity index (χ1v) is 7.22. The fourth-order valence-electron chi connectivity index (χ4n) is 4.18. The minimum atomic E-state index is 0.578. The van der Waals surface area contributed by atoms with E-state index >= 15 is 0 Å². The van der Waals surface area contributed by atoms with E-state index in [0.717, 1.165) is 24.6 Å². The van der Waals surface area contributed by atoms with Crippen LogP contribution in [0.2, 0.25) is 0 Å². The Balaban J connectivity index is 1.78. The van der Waals surface area contributed by atoms with Gasteiger partial charge in [-0.05, 0) is 37.5 Å². The molecule has 3 rings (SSSR count). The van der Waals surface area contributed by atoms with E-state index in [0.29, 0.717) is 6.10 Å². The summed E-state index contributed by atoms with van der Waals surface area (Å²) >= 11 is 0. The summed E-state index contributed by atoms with van der Waals surface area (Å²) < 4.78 is 6.17. The lowest BCUT2D eigenvalue weighted by atomic mass is 9.74. The number of fused-ring (bicyclic) bond motifs is 2. The van der Waals surface area contributed by atoms with Crippen LogP contribution in [0.15, 0.2) is 0 Å². The number of hydrogen-bond acceptors (Lipinski definition) is 2. The minimum Gasteiger partial charge on any atom is -0.363 e. The first-order chi connectivity index (χ1) is 7.86. The lowest BCUT2D eigenvalue weighted by molar-refractivity contribution is -0.0466. The molecule has 2 heterocycles. The molecule has 0 amide bonds. The van der Waals surface area contributed by atoms with Crippen LogP contribution in [0.1, 0.15) is 51.9 Å². The van der Waals surface area contributed by atoms with Crippen molar-refractivity contribution in [3.05, 3.63) is 0 Å². The second-order valence-electron chi connectivity index (χ2n) is 6.02. The van der Waals surface area contributed by atoms with Crippen LogP contribution in [0, 0.1) is 11.8 Å². The van der Waals surface area contributed by atoms with Crippen molar-refractivity contribution >= 4 is 0 Å². The van der Waals surface area contributed by atoms with Crippen LogP contribution in [-0.2, 0) is 4.74 Å². The van der Waals surface area contributed by atoms with Crippen molar-refractivity contribution in [3.8, 4) is 0 Å². The summed E-state index contributed by atoms with van der Waals surface area (Å²) in [6.07, 6.45) is 10.3. The normalized spacial score (nSPS) is 45.6. The SMILES string of the molecule is C[C@@H]1[C@@H]2CCCC[C@H]2OCN2CCCC[C@@H]12. The van der Waals surface area contributed by atoms with Crippen LogP contribution in [-0.4, -0.2) is 30.3 Å². The highest BCUT2D eigenvalue weighted by Gasteiger charge is 2.40. The molecule has 0 aromatic heterocycles. The van der Waals surface area contributed by atoms with Crippen LogP contribution in [0.5, 0.6) is 0 Å². The molecule has 0 N–H and O–H groups in total. The van der Waals surface area contributed by atoms with E-state index in [1.54, 1.807) is 0 Å². The Morgan fingerprint density at radius 3 is 2.75 bits per heavy atom. The van der Waals surface area contributed by atoms with Crippen molar-refractivity contribution in [1.82, 2.24) is 4.90 Å². The quantitative estimate of drug-likeness (QED) is 0.626. The first-order valence-electron chi connectivity index (χ1n) is 7.22. The summed E-state index contributed by atoms with van der Waals surface area (Å²) in [5, 5.41) is 0. The molecule has 0 aromatic carbocycles. The Bertz CT molecular complexity index is 219. The number of piperidine rings is 1. The zero-order chi connectivity index (χ0) is 11.0. The van der Waals surface area contributed by atoms with Gasteiger partial charge < -0.3 is 4.74 Å². The average molecular weight is 223 g/mol. The van der Waals surface area contributed by atoms with Crippen molar-refractivity contribution in [2.75, 3.05) is 13.3 Å². The molecule has 1 aliphatic carbocycles. The summed E-state index contributed by atoms with van der Waals surface area (Å²) in [6.45, 7) is 4.67. The highest BCUT2D eigenvalue weighted by molar-refractivity contribution is 4.90. The summed E-state index contributed by atoms with van der Waals surface area (Å²) in [4.78, 5) is 2.62. The molecule has 2 nitrogen and oxygen atoms in total. The van der Waals surface area contributed by atoms with Gasteiger partial charge in [0.05, 0.1) is 12.8 Å². The third kappa shape index (κ3) is 1.91. The number of nitrogens with zero attached hydrogens (tertiary/aromatic N) is 1. The van der Waals surface area contributed by atoms with Crippen LogP contribution < -0.4 is 0 Å². The summed E-state index contributed by atoms with van der Waals surface area (Å²) in [7, 11) is 0. The molecule has 0 aromatic rings. The highest BCUT2D eigenvalue weighted by Crippen LogP contribution is 2.39. The molecule has 1 saturated carbocycles. The average Bonchev–Trinajstić information content (AvgIpc) is 2.49. The lowest BCUT2D eigenvalue weighted by Crippen LogP contribution is -2.44. The number of hydrogen-bond donors (Lipinski definition) is 0. The lowest BCUT2D eigenvalue weighted by Gasteiger charge is -2.39. The smallest absolute Gasteiger partial charge is 0.0996 e. The summed E-state index contributed by atoms with van der Waals surface area (Å²) in [5.41, 5.74) is 0. The molecule has 92 valence electrons. The van der Waals surface area contributed by atoms with E-state index in [1.807, 2.05) is 0 Å². The van der Waals surface area contributed by atoms with Gasteiger partial charge >= 0.3 is 0 Å². The molecule has 0 spiro atoms. The van der Waals surface area contributed by atoms with E-state index in [2.05, 4.69) is 11.8 Å². The largest absolute Gasteiger partial charge is 0.363 e. The van der Waals surface area contributed by atoms with Gasteiger partial charge in [0.25, 0.3) is 0 Å². The molecular weight excluding hydrogens is 198 g/mol. The maximum atomic E-state index is 6.17. The molecule has 3 aliphatic rings. The molecule has 2 saturated heterocycles. The van der Waals surface area contributed by atoms with Gasteiger partial charge in [0.15, 0.2) is 0 Å². The number of ether oxygens (including phenoxy) is 1. The topological polar surface area (TPSA) is 12.5 Å². The summed E-state index contributed by atoms with van der Waals surface area (Å²) in [5.74, 6) is 1.70. The Morgan fingerprint density at radius 2 is 1.81 bits per heavy atom. The zero-order valence-corrected chi connectivity index (χ0v) is 10.5. The van der Waals surface area contributed by atoms with Gasteiger partial charge in [0, 0.05) is 12.6 Å². The molecule has 0 unspecified atom stereocenters. The number of rotatable bonds is 0. The van der Waals surface area contributed by atoms with Crippen molar-refractivity contribution in [1.29, 1.82) is 0 Å². The van der Waals surface area contributed by atoms with Gasteiger partial charge in [-0.2, -0.15) is 0 Å². The third-order valence-electron chi connectivity index (χ3n) is 5.15. The molecule has 16 heavy (non-hydrogen) atoms. The van der Waals surface area contributed by atoms with Crippen molar-refractivity contribution < 1.29 is 4.74 Å². The fraction of sp³-hybridized carbons (Fsp3) is 1.00. The van der Waals surface area contributed by atoms with E-state index < -0.39 is 0 Å². The van der Waals surface area contributed by atoms with Crippen LogP contribution in [0.3, 0.4) is 0 Å². The van der Waals surface area contributed by atoms with E-state index in [9.17, 15) is 0 Å². The molecule has 4 atom stereocenters. The Kier molecular flexibility index (Phi) is 3.21. The second kappa shape index (κ2) is 4.66. The van der Waals surface area contributed by atoms with Crippen molar-refractivity contribution in [3.63, 3.8) is 0 Å². The Morgan fingerprint density at radius 1 is 1.00 bits per heavy atom. The first kappa shape index (κ1) is 11.0. The minimum absolute atomic E-state index is 0.578. The second-order valence-corrected chi connectivity index (χ2v) is 6.02. The summed E-state index contributed by atoms with van der Waals surface area (Å²) in [6, 6.07) is 0.821.